The summed E-state index contributed by atoms with van der Waals surface area (Å²) in [5.41, 5.74) is 4.84. The fraction of sp³-hybridized carbons (Fsp3) is 0.500. The Labute approximate surface area is 121 Å². The zero-order valence-electron chi connectivity index (χ0n) is 11.4. The maximum atomic E-state index is 12.2. The highest BCUT2D eigenvalue weighted by Crippen LogP contribution is 2.21. The molecule has 1 heterocycles. The van der Waals surface area contributed by atoms with Crippen molar-refractivity contribution >= 4 is 23.2 Å². The summed E-state index contributed by atoms with van der Waals surface area (Å²) < 4.78 is 0. The van der Waals surface area contributed by atoms with E-state index in [1.54, 1.807) is 0 Å². The smallest absolute Gasteiger partial charge is 0.288 e. The van der Waals surface area contributed by atoms with Gasteiger partial charge in [0.05, 0.1) is 16.0 Å². The molecule has 0 saturated carbocycles. The highest BCUT2D eigenvalue weighted by Gasteiger charge is 2.28. The number of nitro groups is 1. The van der Waals surface area contributed by atoms with E-state index in [1.807, 2.05) is 13.8 Å². The Morgan fingerprint density at radius 3 is 2.60 bits per heavy atom. The summed E-state index contributed by atoms with van der Waals surface area (Å²) in [6.45, 7) is 4.08. The van der Waals surface area contributed by atoms with Gasteiger partial charge in [-0.3, -0.25) is 14.9 Å². The molecule has 1 aromatic rings. The van der Waals surface area contributed by atoms with Crippen molar-refractivity contribution in [3.8, 4) is 0 Å². The van der Waals surface area contributed by atoms with Gasteiger partial charge < -0.3 is 11.1 Å². The number of amides is 1. The molecule has 0 fully saturated rings. The molecule has 0 bridgehead atoms. The first kappa shape index (κ1) is 16.3. The Morgan fingerprint density at radius 1 is 1.55 bits per heavy atom. The molecule has 0 radical (unpaired) electrons. The minimum Gasteiger partial charge on any atom is -0.345 e. The van der Waals surface area contributed by atoms with Crippen molar-refractivity contribution in [3.63, 3.8) is 0 Å². The third-order valence-electron chi connectivity index (χ3n) is 3.40. The number of nitrogens with two attached hydrogens (primary N) is 1. The molecule has 0 atom stereocenters. The predicted octanol–water partition coefficient (Wildman–Crippen LogP) is 1.89. The standard InChI is InChI=1S/C12H17ClN4O3/c1-3-12(4-2,7-14)16-11(18)9-5-8(17(19)20)6-15-10(9)13/h5-6H,3-4,7,14H2,1-2H3,(H,16,18). The van der Waals surface area contributed by atoms with Gasteiger partial charge in [0, 0.05) is 12.6 Å². The molecule has 0 aliphatic rings. The van der Waals surface area contributed by atoms with E-state index < -0.39 is 16.4 Å². The molecule has 0 aliphatic heterocycles. The molecule has 110 valence electrons. The van der Waals surface area contributed by atoms with Crippen LogP contribution in [-0.2, 0) is 0 Å². The number of rotatable bonds is 6. The lowest BCUT2D eigenvalue weighted by molar-refractivity contribution is -0.385. The van der Waals surface area contributed by atoms with Crippen molar-refractivity contribution in [2.24, 2.45) is 5.73 Å². The molecule has 0 aromatic carbocycles. The van der Waals surface area contributed by atoms with Gasteiger partial charge in [-0.15, -0.1) is 0 Å². The summed E-state index contributed by atoms with van der Waals surface area (Å²) in [7, 11) is 0. The van der Waals surface area contributed by atoms with Crippen LogP contribution in [0.25, 0.3) is 0 Å². The van der Waals surface area contributed by atoms with E-state index in [4.69, 9.17) is 17.3 Å². The maximum absolute atomic E-state index is 12.2. The second kappa shape index (κ2) is 6.62. The third kappa shape index (κ3) is 3.43. The molecule has 0 aliphatic carbocycles. The molecular weight excluding hydrogens is 284 g/mol. The van der Waals surface area contributed by atoms with Gasteiger partial charge in [-0.2, -0.15) is 0 Å². The fourth-order valence-corrected chi connectivity index (χ4v) is 1.96. The van der Waals surface area contributed by atoms with Crippen LogP contribution in [-0.4, -0.2) is 27.9 Å². The molecule has 0 saturated heterocycles. The van der Waals surface area contributed by atoms with Gasteiger partial charge >= 0.3 is 0 Å². The number of hydrogen-bond donors (Lipinski definition) is 2. The van der Waals surface area contributed by atoms with Crippen molar-refractivity contribution in [2.45, 2.75) is 32.2 Å². The van der Waals surface area contributed by atoms with E-state index in [9.17, 15) is 14.9 Å². The lowest BCUT2D eigenvalue weighted by Crippen LogP contribution is -2.52. The molecule has 3 N–H and O–H groups in total. The Kier molecular flexibility index (Phi) is 5.41. The number of nitrogens with one attached hydrogen (secondary N) is 1. The van der Waals surface area contributed by atoms with Crippen molar-refractivity contribution < 1.29 is 9.72 Å². The molecule has 0 unspecified atom stereocenters. The second-order valence-electron chi connectivity index (χ2n) is 4.43. The van der Waals surface area contributed by atoms with E-state index in [0.717, 1.165) is 12.3 Å². The first-order chi connectivity index (χ1) is 9.39. The van der Waals surface area contributed by atoms with Crippen LogP contribution in [0.2, 0.25) is 5.15 Å². The van der Waals surface area contributed by atoms with Gasteiger partial charge in [-0.1, -0.05) is 25.4 Å². The van der Waals surface area contributed by atoms with Crippen LogP contribution in [0.4, 0.5) is 5.69 Å². The highest BCUT2D eigenvalue weighted by molar-refractivity contribution is 6.32. The van der Waals surface area contributed by atoms with Crippen LogP contribution in [0.3, 0.4) is 0 Å². The lowest BCUT2D eigenvalue weighted by Gasteiger charge is -2.31. The second-order valence-corrected chi connectivity index (χ2v) is 4.79. The molecule has 20 heavy (non-hydrogen) atoms. The summed E-state index contributed by atoms with van der Waals surface area (Å²) in [6.07, 6.45) is 2.30. The molecule has 1 aromatic heterocycles. The minimum atomic E-state index is -0.629. The van der Waals surface area contributed by atoms with E-state index >= 15 is 0 Å². The number of halogens is 1. The Hall–Kier alpha value is -1.73. The van der Waals surface area contributed by atoms with Crippen molar-refractivity contribution in [2.75, 3.05) is 6.54 Å². The lowest BCUT2D eigenvalue weighted by atomic mass is 9.92. The first-order valence-electron chi connectivity index (χ1n) is 6.21. The van der Waals surface area contributed by atoms with Gasteiger partial charge in [0.1, 0.15) is 11.3 Å². The number of aromatic nitrogens is 1. The normalized spacial score (nSPS) is 11.2. The predicted molar refractivity (Wildman–Crippen MR) is 75.7 cm³/mol. The van der Waals surface area contributed by atoms with Crippen LogP contribution in [0.1, 0.15) is 37.0 Å². The summed E-state index contributed by atoms with van der Waals surface area (Å²) in [6, 6.07) is 1.11. The van der Waals surface area contributed by atoms with E-state index in [2.05, 4.69) is 10.3 Å². The number of carbonyl (C=O) groups is 1. The van der Waals surface area contributed by atoms with Gasteiger partial charge in [0.2, 0.25) is 0 Å². The van der Waals surface area contributed by atoms with Gasteiger partial charge in [0.15, 0.2) is 0 Å². The zero-order valence-corrected chi connectivity index (χ0v) is 12.1. The Balaban J connectivity index is 3.08. The minimum absolute atomic E-state index is 0.0272. The zero-order chi connectivity index (χ0) is 15.3. The summed E-state index contributed by atoms with van der Waals surface area (Å²) in [5.74, 6) is -0.514. The number of hydrogen-bond acceptors (Lipinski definition) is 5. The highest BCUT2D eigenvalue weighted by atomic mass is 35.5. The molecule has 8 heteroatoms. The third-order valence-corrected chi connectivity index (χ3v) is 3.70. The topological polar surface area (TPSA) is 111 Å². The molecular formula is C12H17ClN4O3. The monoisotopic (exact) mass is 300 g/mol. The summed E-state index contributed by atoms with van der Waals surface area (Å²) in [5, 5.41) is 13.4. The average molecular weight is 301 g/mol. The van der Waals surface area contributed by atoms with Crippen molar-refractivity contribution in [1.82, 2.24) is 10.3 Å². The summed E-state index contributed by atoms with van der Waals surface area (Å²) >= 11 is 5.83. The van der Waals surface area contributed by atoms with Crippen molar-refractivity contribution in [1.29, 1.82) is 0 Å². The number of nitrogens with zero attached hydrogens (tertiary/aromatic N) is 2. The van der Waals surface area contributed by atoms with Crippen molar-refractivity contribution in [3.05, 3.63) is 33.1 Å². The molecule has 0 spiro atoms. The SMILES string of the molecule is CCC(CC)(CN)NC(=O)c1cc([N+](=O)[O-])cnc1Cl. The fourth-order valence-electron chi connectivity index (χ4n) is 1.77. The van der Waals surface area contributed by atoms with Crippen LogP contribution in [0.15, 0.2) is 12.3 Å². The quantitative estimate of drug-likeness (QED) is 0.473. The molecule has 1 rings (SSSR count). The van der Waals surface area contributed by atoms with E-state index in [-0.39, 0.29) is 22.9 Å². The van der Waals surface area contributed by atoms with Gasteiger partial charge in [-0.25, -0.2) is 4.98 Å². The van der Waals surface area contributed by atoms with Crippen LogP contribution in [0.5, 0.6) is 0 Å². The first-order valence-corrected chi connectivity index (χ1v) is 6.59. The van der Waals surface area contributed by atoms with E-state index in [0.29, 0.717) is 12.8 Å². The summed E-state index contributed by atoms with van der Waals surface area (Å²) in [4.78, 5) is 26.0. The van der Waals surface area contributed by atoms with Gasteiger partial charge in [0.25, 0.3) is 11.6 Å². The Morgan fingerprint density at radius 2 is 2.15 bits per heavy atom. The average Bonchev–Trinajstić information content (AvgIpc) is 2.45. The number of carbonyl (C=O) groups excluding carboxylic acids is 1. The number of pyridine rings is 1. The maximum Gasteiger partial charge on any atom is 0.288 e. The Bertz CT molecular complexity index is 509. The molecule has 1 amide bonds. The molecule has 7 nitrogen and oxygen atoms in total. The largest absolute Gasteiger partial charge is 0.345 e. The van der Waals surface area contributed by atoms with Crippen LogP contribution < -0.4 is 11.1 Å². The van der Waals surface area contributed by atoms with Crippen LogP contribution >= 0.6 is 11.6 Å². The van der Waals surface area contributed by atoms with Gasteiger partial charge in [-0.05, 0) is 12.8 Å². The van der Waals surface area contributed by atoms with E-state index in [1.165, 1.54) is 0 Å². The van der Waals surface area contributed by atoms with Crippen LogP contribution in [0, 0.1) is 10.1 Å².